The SMILES string of the molecule is C[C@H](O)Cc1csc2c1CCCC2. The second-order valence-electron chi connectivity index (χ2n) is 3.92. The summed E-state index contributed by atoms with van der Waals surface area (Å²) in [6, 6.07) is 0. The molecule has 1 atom stereocenters. The number of thiophene rings is 1. The second-order valence-corrected chi connectivity index (χ2v) is 4.89. The Bertz CT molecular complexity index is 288. The molecule has 2 rings (SSSR count). The predicted octanol–water partition coefficient (Wildman–Crippen LogP) is 2.55. The van der Waals surface area contributed by atoms with E-state index in [1.54, 1.807) is 10.4 Å². The third-order valence-electron chi connectivity index (χ3n) is 2.66. The highest BCUT2D eigenvalue weighted by Gasteiger charge is 2.15. The molecular weight excluding hydrogens is 180 g/mol. The van der Waals surface area contributed by atoms with Crippen LogP contribution in [0.4, 0.5) is 0 Å². The van der Waals surface area contributed by atoms with Crippen LogP contribution in [0.15, 0.2) is 5.38 Å². The average Bonchev–Trinajstić information content (AvgIpc) is 2.48. The molecule has 1 aromatic heterocycles. The zero-order valence-corrected chi connectivity index (χ0v) is 8.86. The summed E-state index contributed by atoms with van der Waals surface area (Å²) >= 11 is 1.88. The molecule has 1 N–H and O–H groups in total. The van der Waals surface area contributed by atoms with Crippen molar-refractivity contribution in [3.8, 4) is 0 Å². The standard InChI is InChI=1S/C11H16OS/c1-8(12)6-9-7-13-11-5-3-2-4-10(9)11/h7-8,12H,2-6H2,1H3/t8-/m0/s1. The van der Waals surface area contributed by atoms with E-state index in [1.807, 2.05) is 18.3 Å². The Hall–Kier alpha value is -0.340. The minimum atomic E-state index is -0.194. The second kappa shape index (κ2) is 3.81. The summed E-state index contributed by atoms with van der Waals surface area (Å²) < 4.78 is 0. The van der Waals surface area contributed by atoms with E-state index in [4.69, 9.17) is 0 Å². The zero-order chi connectivity index (χ0) is 9.26. The summed E-state index contributed by atoms with van der Waals surface area (Å²) in [6.07, 6.45) is 5.82. The molecule has 0 radical (unpaired) electrons. The first-order chi connectivity index (χ1) is 6.27. The van der Waals surface area contributed by atoms with Crippen molar-refractivity contribution in [2.45, 2.75) is 45.1 Å². The molecule has 0 fully saturated rings. The largest absolute Gasteiger partial charge is 0.393 e. The topological polar surface area (TPSA) is 20.2 Å². The van der Waals surface area contributed by atoms with Crippen molar-refractivity contribution in [2.24, 2.45) is 0 Å². The van der Waals surface area contributed by atoms with Crippen LogP contribution in [-0.4, -0.2) is 11.2 Å². The lowest BCUT2D eigenvalue weighted by Gasteiger charge is -2.13. The quantitative estimate of drug-likeness (QED) is 0.770. The number of hydrogen-bond donors (Lipinski definition) is 1. The molecule has 1 aliphatic carbocycles. The van der Waals surface area contributed by atoms with Crippen LogP contribution < -0.4 is 0 Å². The first-order valence-electron chi connectivity index (χ1n) is 5.03. The number of aliphatic hydroxyl groups is 1. The Labute approximate surface area is 83.4 Å². The van der Waals surface area contributed by atoms with E-state index in [0.717, 1.165) is 6.42 Å². The molecule has 0 bridgehead atoms. The maximum Gasteiger partial charge on any atom is 0.0552 e. The van der Waals surface area contributed by atoms with Gasteiger partial charge in [-0.3, -0.25) is 0 Å². The van der Waals surface area contributed by atoms with Crippen LogP contribution >= 0.6 is 11.3 Å². The third-order valence-corrected chi connectivity index (χ3v) is 3.80. The Morgan fingerprint density at radius 2 is 2.23 bits per heavy atom. The van der Waals surface area contributed by atoms with Crippen molar-refractivity contribution in [1.29, 1.82) is 0 Å². The molecule has 0 aromatic carbocycles. The normalized spacial score (nSPS) is 18.3. The molecule has 0 amide bonds. The molecule has 1 heterocycles. The average molecular weight is 196 g/mol. The number of rotatable bonds is 2. The fourth-order valence-corrected chi connectivity index (χ4v) is 3.21. The first kappa shape index (κ1) is 9.22. The monoisotopic (exact) mass is 196 g/mol. The number of aliphatic hydroxyl groups excluding tert-OH is 1. The van der Waals surface area contributed by atoms with E-state index >= 15 is 0 Å². The van der Waals surface area contributed by atoms with E-state index in [2.05, 4.69) is 5.38 Å². The molecule has 1 aliphatic rings. The van der Waals surface area contributed by atoms with Gasteiger partial charge in [-0.15, -0.1) is 11.3 Å². The van der Waals surface area contributed by atoms with Crippen LogP contribution in [0, 0.1) is 0 Å². The molecule has 1 aromatic rings. The summed E-state index contributed by atoms with van der Waals surface area (Å²) in [5.74, 6) is 0. The third kappa shape index (κ3) is 1.94. The van der Waals surface area contributed by atoms with Crippen molar-refractivity contribution >= 4 is 11.3 Å². The van der Waals surface area contributed by atoms with Gasteiger partial charge >= 0.3 is 0 Å². The van der Waals surface area contributed by atoms with Gasteiger partial charge in [-0.05, 0) is 55.5 Å². The van der Waals surface area contributed by atoms with Crippen molar-refractivity contribution < 1.29 is 5.11 Å². The van der Waals surface area contributed by atoms with Gasteiger partial charge in [0, 0.05) is 4.88 Å². The van der Waals surface area contributed by atoms with Gasteiger partial charge in [0.1, 0.15) is 0 Å². The molecule has 0 saturated carbocycles. The minimum Gasteiger partial charge on any atom is -0.393 e. The molecule has 0 unspecified atom stereocenters. The highest BCUT2D eigenvalue weighted by molar-refractivity contribution is 7.10. The Morgan fingerprint density at radius 3 is 3.00 bits per heavy atom. The molecular formula is C11H16OS. The summed E-state index contributed by atoms with van der Waals surface area (Å²) in [7, 11) is 0. The van der Waals surface area contributed by atoms with Crippen molar-refractivity contribution in [1.82, 2.24) is 0 Å². The van der Waals surface area contributed by atoms with E-state index < -0.39 is 0 Å². The van der Waals surface area contributed by atoms with Gasteiger partial charge in [0.05, 0.1) is 6.10 Å². The Kier molecular flexibility index (Phi) is 2.70. The van der Waals surface area contributed by atoms with E-state index in [0.29, 0.717) is 0 Å². The predicted molar refractivity (Wildman–Crippen MR) is 56.3 cm³/mol. The van der Waals surface area contributed by atoms with E-state index in [-0.39, 0.29) is 6.10 Å². The molecule has 2 heteroatoms. The minimum absolute atomic E-state index is 0.194. The fraction of sp³-hybridized carbons (Fsp3) is 0.636. The lowest BCUT2D eigenvalue weighted by Crippen LogP contribution is -2.07. The van der Waals surface area contributed by atoms with Crippen LogP contribution in [-0.2, 0) is 19.3 Å². The lowest BCUT2D eigenvalue weighted by atomic mass is 9.94. The van der Waals surface area contributed by atoms with Crippen molar-refractivity contribution in [3.05, 3.63) is 21.4 Å². The molecule has 0 spiro atoms. The molecule has 0 saturated heterocycles. The van der Waals surface area contributed by atoms with Crippen LogP contribution in [0.25, 0.3) is 0 Å². The van der Waals surface area contributed by atoms with E-state index in [9.17, 15) is 5.11 Å². The number of fused-ring (bicyclic) bond motifs is 1. The molecule has 0 aliphatic heterocycles. The van der Waals surface area contributed by atoms with Gasteiger partial charge in [-0.2, -0.15) is 0 Å². The van der Waals surface area contributed by atoms with Gasteiger partial charge in [0.15, 0.2) is 0 Å². The summed E-state index contributed by atoms with van der Waals surface area (Å²) in [6.45, 7) is 1.87. The van der Waals surface area contributed by atoms with Gasteiger partial charge in [-0.25, -0.2) is 0 Å². The first-order valence-corrected chi connectivity index (χ1v) is 5.91. The zero-order valence-electron chi connectivity index (χ0n) is 8.05. The molecule has 72 valence electrons. The van der Waals surface area contributed by atoms with Crippen LogP contribution in [0.3, 0.4) is 0 Å². The highest BCUT2D eigenvalue weighted by atomic mass is 32.1. The maximum atomic E-state index is 9.33. The molecule has 1 nitrogen and oxygen atoms in total. The van der Waals surface area contributed by atoms with Crippen molar-refractivity contribution in [3.63, 3.8) is 0 Å². The van der Waals surface area contributed by atoms with Gasteiger partial charge in [0.25, 0.3) is 0 Å². The summed E-state index contributed by atoms with van der Waals surface area (Å²) in [5, 5.41) is 11.6. The van der Waals surface area contributed by atoms with Crippen molar-refractivity contribution in [2.75, 3.05) is 0 Å². The van der Waals surface area contributed by atoms with Gasteiger partial charge in [-0.1, -0.05) is 0 Å². The summed E-state index contributed by atoms with van der Waals surface area (Å²) in [4.78, 5) is 1.57. The number of aryl methyl sites for hydroxylation is 1. The van der Waals surface area contributed by atoms with Gasteiger partial charge in [0.2, 0.25) is 0 Å². The van der Waals surface area contributed by atoms with Crippen LogP contribution in [0.5, 0.6) is 0 Å². The highest BCUT2D eigenvalue weighted by Crippen LogP contribution is 2.30. The lowest BCUT2D eigenvalue weighted by molar-refractivity contribution is 0.195. The smallest absolute Gasteiger partial charge is 0.0552 e. The Balaban J connectivity index is 2.21. The van der Waals surface area contributed by atoms with Gasteiger partial charge < -0.3 is 5.11 Å². The van der Waals surface area contributed by atoms with Crippen LogP contribution in [0.1, 0.15) is 35.8 Å². The molecule has 13 heavy (non-hydrogen) atoms. The Morgan fingerprint density at radius 1 is 1.46 bits per heavy atom. The number of hydrogen-bond acceptors (Lipinski definition) is 2. The summed E-state index contributed by atoms with van der Waals surface area (Å²) in [5.41, 5.74) is 2.95. The maximum absolute atomic E-state index is 9.33. The van der Waals surface area contributed by atoms with E-state index in [1.165, 1.54) is 31.2 Å². The fourth-order valence-electron chi connectivity index (χ4n) is 2.05. The van der Waals surface area contributed by atoms with Crippen LogP contribution in [0.2, 0.25) is 0 Å².